The van der Waals surface area contributed by atoms with Crippen LogP contribution < -0.4 is 10.3 Å². The number of nitrogens with one attached hydrogen (secondary N) is 1. The molecular weight excluding hydrogens is 424 g/mol. The van der Waals surface area contributed by atoms with Crippen LogP contribution in [0.1, 0.15) is 0 Å². The maximum absolute atomic E-state index is 12.5. The van der Waals surface area contributed by atoms with Crippen LogP contribution in [-0.2, 0) is 4.79 Å². The normalized spacial score (nSPS) is 17.4. The van der Waals surface area contributed by atoms with Crippen LogP contribution in [0.2, 0.25) is 15.1 Å². The van der Waals surface area contributed by atoms with Gasteiger partial charge in [0.1, 0.15) is 5.69 Å². The minimum absolute atomic E-state index is 0.250. The summed E-state index contributed by atoms with van der Waals surface area (Å²) in [6, 6.07) is 12.4. The molecule has 0 saturated heterocycles. The SMILES string of the molecule is O=C1C(Br)C(Nc2ccccc2)=NN1c1c(Cl)cc(Cl)cc1Cl. The van der Waals surface area contributed by atoms with Gasteiger partial charge in [0, 0.05) is 10.7 Å². The third-order valence-corrected chi connectivity index (χ3v) is 4.73. The van der Waals surface area contributed by atoms with Gasteiger partial charge in [0.2, 0.25) is 0 Å². The molecule has 2 aromatic carbocycles. The van der Waals surface area contributed by atoms with Crippen LogP contribution in [0.3, 0.4) is 0 Å². The van der Waals surface area contributed by atoms with E-state index >= 15 is 0 Å². The summed E-state index contributed by atoms with van der Waals surface area (Å²) in [4.78, 5) is 11.9. The van der Waals surface area contributed by atoms with Crippen LogP contribution in [-0.4, -0.2) is 16.6 Å². The molecule has 0 radical (unpaired) electrons. The van der Waals surface area contributed by atoms with Crippen molar-refractivity contribution in [2.75, 3.05) is 10.3 Å². The molecule has 0 saturated carbocycles. The fourth-order valence-electron chi connectivity index (χ4n) is 2.09. The summed E-state index contributed by atoms with van der Waals surface area (Å²) >= 11 is 21.6. The third-order valence-electron chi connectivity index (χ3n) is 3.11. The average Bonchev–Trinajstić information content (AvgIpc) is 2.76. The lowest BCUT2D eigenvalue weighted by Crippen LogP contribution is -2.30. The van der Waals surface area contributed by atoms with E-state index in [1.807, 2.05) is 30.3 Å². The number of amidine groups is 1. The van der Waals surface area contributed by atoms with Gasteiger partial charge in [-0.05, 0) is 24.3 Å². The molecule has 0 spiro atoms. The van der Waals surface area contributed by atoms with Gasteiger partial charge in [-0.1, -0.05) is 68.9 Å². The maximum atomic E-state index is 12.5. The predicted octanol–water partition coefficient (Wildman–Crippen LogP) is 5.18. The summed E-state index contributed by atoms with van der Waals surface area (Å²) in [5.74, 6) is 0.151. The fraction of sp³-hybridized carbons (Fsp3) is 0.0667. The van der Waals surface area contributed by atoms with E-state index < -0.39 is 4.83 Å². The molecule has 23 heavy (non-hydrogen) atoms. The van der Waals surface area contributed by atoms with E-state index in [4.69, 9.17) is 34.8 Å². The Morgan fingerprint density at radius 1 is 1.09 bits per heavy atom. The van der Waals surface area contributed by atoms with Gasteiger partial charge in [-0.15, -0.1) is 5.10 Å². The maximum Gasteiger partial charge on any atom is 0.269 e. The van der Waals surface area contributed by atoms with Crippen LogP contribution in [0.15, 0.2) is 47.6 Å². The molecule has 1 unspecified atom stereocenters. The first-order valence-corrected chi connectivity index (χ1v) is 8.55. The lowest BCUT2D eigenvalue weighted by molar-refractivity contribution is -0.116. The number of hydrogen-bond acceptors (Lipinski definition) is 3. The van der Waals surface area contributed by atoms with Gasteiger partial charge >= 0.3 is 0 Å². The molecule has 2 aromatic rings. The largest absolute Gasteiger partial charge is 0.341 e. The van der Waals surface area contributed by atoms with Crippen molar-refractivity contribution in [1.82, 2.24) is 0 Å². The number of hydrazone groups is 1. The first-order valence-electron chi connectivity index (χ1n) is 6.50. The van der Waals surface area contributed by atoms with Crippen molar-refractivity contribution in [2.45, 2.75) is 4.83 Å². The highest BCUT2D eigenvalue weighted by Crippen LogP contribution is 2.39. The molecule has 4 nitrogen and oxygen atoms in total. The highest BCUT2D eigenvalue weighted by molar-refractivity contribution is 9.10. The van der Waals surface area contributed by atoms with Gasteiger partial charge in [0.15, 0.2) is 10.7 Å². The van der Waals surface area contributed by atoms with Crippen LogP contribution >= 0.6 is 50.7 Å². The number of para-hydroxylation sites is 1. The van der Waals surface area contributed by atoms with Crippen molar-refractivity contribution in [1.29, 1.82) is 0 Å². The summed E-state index contributed by atoms with van der Waals surface area (Å²) in [6.07, 6.45) is 0. The van der Waals surface area contributed by atoms with Gasteiger partial charge in [-0.3, -0.25) is 4.79 Å². The smallest absolute Gasteiger partial charge is 0.269 e. The second kappa shape index (κ2) is 6.69. The molecule has 1 heterocycles. The van der Waals surface area contributed by atoms with E-state index in [2.05, 4.69) is 26.3 Å². The lowest BCUT2D eigenvalue weighted by Gasteiger charge is -2.15. The van der Waals surface area contributed by atoms with Gasteiger partial charge in [-0.25, -0.2) is 0 Å². The number of nitrogens with zero attached hydrogens (tertiary/aromatic N) is 2. The summed E-state index contributed by atoms with van der Waals surface area (Å²) in [6.45, 7) is 0. The number of rotatable bonds is 2. The number of benzene rings is 2. The van der Waals surface area contributed by atoms with Crippen molar-refractivity contribution in [3.8, 4) is 0 Å². The first-order chi connectivity index (χ1) is 11.0. The molecule has 1 atom stereocenters. The standard InChI is InChI=1S/C15H9BrCl3N3O/c16-12-14(20-9-4-2-1-3-5-9)21-22(15(12)23)13-10(18)6-8(17)7-11(13)19/h1-7,12H,(H,20,21). The molecule has 0 aliphatic carbocycles. The van der Waals surface area contributed by atoms with Crippen LogP contribution in [0.4, 0.5) is 11.4 Å². The molecule has 1 amide bonds. The topological polar surface area (TPSA) is 44.7 Å². The molecule has 3 rings (SSSR count). The number of alkyl halides is 1. The number of carbonyl (C=O) groups excluding carboxylic acids is 1. The second-order valence-electron chi connectivity index (χ2n) is 4.71. The van der Waals surface area contributed by atoms with Crippen molar-refractivity contribution in [2.24, 2.45) is 5.10 Å². The van der Waals surface area contributed by atoms with Crippen molar-refractivity contribution >= 4 is 73.9 Å². The van der Waals surface area contributed by atoms with E-state index in [-0.39, 0.29) is 16.0 Å². The van der Waals surface area contributed by atoms with Gasteiger partial charge < -0.3 is 5.32 Å². The van der Waals surface area contributed by atoms with E-state index in [1.165, 1.54) is 17.1 Å². The van der Waals surface area contributed by atoms with Gasteiger partial charge in [0.05, 0.1) is 10.0 Å². The molecule has 0 fully saturated rings. The number of amides is 1. The Balaban J connectivity index is 1.96. The number of carbonyl (C=O) groups is 1. The van der Waals surface area contributed by atoms with Crippen molar-refractivity contribution in [3.63, 3.8) is 0 Å². The minimum Gasteiger partial charge on any atom is -0.341 e. The van der Waals surface area contributed by atoms with Crippen LogP contribution in [0.25, 0.3) is 0 Å². The lowest BCUT2D eigenvalue weighted by atomic mass is 10.3. The Morgan fingerprint density at radius 3 is 2.30 bits per heavy atom. The van der Waals surface area contributed by atoms with E-state index in [0.29, 0.717) is 16.5 Å². The number of hydrogen-bond donors (Lipinski definition) is 1. The molecule has 0 aromatic heterocycles. The Bertz CT molecular complexity index is 775. The summed E-state index contributed by atoms with van der Waals surface area (Å²) in [7, 11) is 0. The summed E-state index contributed by atoms with van der Waals surface area (Å²) < 4.78 is 0. The minimum atomic E-state index is -0.620. The molecule has 118 valence electrons. The highest BCUT2D eigenvalue weighted by atomic mass is 79.9. The fourth-order valence-corrected chi connectivity index (χ4v) is 3.46. The molecule has 1 aliphatic rings. The number of anilines is 2. The highest BCUT2D eigenvalue weighted by Gasteiger charge is 2.37. The number of halogens is 4. The second-order valence-corrected chi connectivity index (χ2v) is 6.87. The Morgan fingerprint density at radius 2 is 1.70 bits per heavy atom. The molecule has 1 aliphatic heterocycles. The Hall–Kier alpha value is -1.27. The monoisotopic (exact) mass is 431 g/mol. The average molecular weight is 434 g/mol. The van der Waals surface area contributed by atoms with Gasteiger partial charge in [0.25, 0.3) is 5.91 Å². The van der Waals surface area contributed by atoms with Gasteiger partial charge in [-0.2, -0.15) is 5.01 Å². The van der Waals surface area contributed by atoms with Crippen LogP contribution in [0.5, 0.6) is 0 Å². The van der Waals surface area contributed by atoms with E-state index in [1.54, 1.807) is 0 Å². The predicted molar refractivity (Wildman–Crippen MR) is 99.2 cm³/mol. The van der Waals surface area contributed by atoms with E-state index in [0.717, 1.165) is 5.69 Å². The van der Waals surface area contributed by atoms with Crippen LogP contribution in [0, 0.1) is 0 Å². The molecule has 8 heteroatoms. The Labute approximate surface area is 156 Å². The van der Waals surface area contributed by atoms with E-state index in [9.17, 15) is 4.79 Å². The summed E-state index contributed by atoms with van der Waals surface area (Å²) in [5.41, 5.74) is 1.12. The third kappa shape index (κ3) is 3.33. The first kappa shape index (κ1) is 16.6. The zero-order valence-corrected chi connectivity index (χ0v) is 15.3. The summed E-state index contributed by atoms with van der Waals surface area (Å²) in [5, 5.41) is 9.46. The quantitative estimate of drug-likeness (QED) is 0.663. The van der Waals surface area contributed by atoms with Crippen molar-refractivity contribution in [3.05, 3.63) is 57.5 Å². The Kier molecular flexibility index (Phi) is 4.82. The van der Waals surface area contributed by atoms with Crippen molar-refractivity contribution < 1.29 is 4.79 Å². The molecule has 1 N–H and O–H groups in total. The zero-order chi connectivity index (χ0) is 16.6. The molecule has 0 bridgehead atoms. The zero-order valence-electron chi connectivity index (χ0n) is 11.4. The molecular formula is C15H9BrCl3N3O.